The first-order chi connectivity index (χ1) is 23.9. The second kappa shape index (κ2) is 17.1. The molecule has 5 rings (SSSR count). The van der Waals surface area contributed by atoms with E-state index in [4.69, 9.17) is 37.8 Å². The summed E-state index contributed by atoms with van der Waals surface area (Å²) in [6.45, 7) is 3.03. The van der Waals surface area contributed by atoms with Gasteiger partial charge in [-0.25, -0.2) is 0 Å². The first-order valence-electron chi connectivity index (χ1n) is 17.4. The number of benzene rings is 2. The largest absolute Gasteiger partial charge is 0.490 e. The Kier molecular flexibility index (Phi) is 13.2. The van der Waals surface area contributed by atoms with Gasteiger partial charge in [-0.15, -0.1) is 0 Å². The highest BCUT2D eigenvalue weighted by atomic mass is 35.5. The van der Waals surface area contributed by atoms with Crippen LogP contribution in [0.2, 0.25) is 10.0 Å². The van der Waals surface area contributed by atoms with Gasteiger partial charge in [0.15, 0.2) is 0 Å². The van der Waals surface area contributed by atoms with E-state index in [1.807, 2.05) is 42.6 Å². The summed E-state index contributed by atoms with van der Waals surface area (Å²) in [5, 5.41) is 50.5. The summed E-state index contributed by atoms with van der Waals surface area (Å²) in [6, 6.07) is 13.8. The number of carbonyl (C=O) groups excluding carboxylic acids is 1. The molecule has 2 aliphatic carbocycles. The average Bonchev–Trinajstić information content (AvgIpc) is 4.06. The van der Waals surface area contributed by atoms with Crippen molar-refractivity contribution in [2.24, 2.45) is 5.92 Å². The SMILES string of the molecule is CC(C)C(=O)N(CCCCc1cc(Cl)c(COC2(c3cnccc3-c3ccccc3OC3CC3)CC2)cc1Cl)C[C@H](O)[C@@H](O)[C@H](O)[C@H](O)CO. The molecule has 0 saturated heterocycles. The van der Waals surface area contributed by atoms with Crippen molar-refractivity contribution in [2.45, 2.75) is 102 Å². The maximum Gasteiger partial charge on any atom is 0.225 e. The molecule has 1 aromatic heterocycles. The van der Waals surface area contributed by atoms with E-state index in [1.165, 1.54) is 4.90 Å². The molecule has 0 aliphatic heterocycles. The van der Waals surface area contributed by atoms with Gasteiger partial charge in [0.05, 0.1) is 24.9 Å². The van der Waals surface area contributed by atoms with E-state index in [0.717, 1.165) is 59.3 Å². The monoisotopic (exact) mass is 730 g/mol. The van der Waals surface area contributed by atoms with Crippen LogP contribution >= 0.6 is 23.2 Å². The van der Waals surface area contributed by atoms with Crippen LogP contribution in [0.5, 0.6) is 5.75 Å². The number of para-hydroxylation sites is 1. The van der Waals surface area contributed by atoms with Gasteiger partial charge in [0.25, 0.3) is 0 Å². The quantitative estimate of drug-likeness (QED) is 0.107. The molecule has 0 spiro atoms. The molecule has 272 valence electrons. The molecular weight excluding hydrogens is 683 g/mol. The number of ether oxygens (including phenoxy) is 2. The van der Waals surface area contributed by atoms with Crippen LogP contribution in [-0.4, -0.2) is 91.5 Å². The fraction of sp³-hybridized carbons (Fsp3) is 0.526. The molecule has 12 heteroatoms. The first-order valence-corrected chi connectivity index (χ1v) is 18.1. The number of unbranched alkanes of at least 4 members (excludes halogenated alkanes) is 1. The Labute approximate surface area is 303 Å². The number of hydrogen-bond donors (Lipinski definition) is 5. The molecule has 1 heterocycles. The van der Waals surface area contributed by atoms with Crippen molar-refractivity contribution in [1.29, 1.82) is 0 Å². The third-order valence-corrected chi connectivity index (χ3v) is 10.1. The topological polar surface area (TPSA) is 153 Å². The zero-order valence-electron chi connectivity index (χ0n) is 28.5. The number of pyridine rings is 1. The molecule has 1 amide bonds. The zero-order valence-corrected chi connectivity index (χ0v) is 30.1. The minimum atomic E-state index is -1.76. The lowest BCUT2D eigenvalue weighted by molar-refractivity contribution is -0.142. The molecule has 3 aromatic rings. The van der Waals surface area contributed by atoms with Crippen molar-refractivity contribution in [1.82, 2.24) is 9.88 Å². The smallest absolute Gasteiger partial charge is 0.225 e. The Morgan fingerprint density at radius 1 is 0.960 bits per heavy atom. The van der Waals surface area contributed by atoms with Crippen molar-refractivity contribution in [3.8, 4) is 16.9 Å². The molecule has 0 unspecified atom stereocenters. The lowest BCUT2D eigenvalue weighted by Crippen LogP contribution is -2.51. The molecule has 2 aromatic carbocycles. The Hall–Kier alpha value is -2.80. The fourth-order valence-corrected chi connectivity index (χ4v) is 6.60. The standard InChI is InChI=1S/C38H48Cl2N2O8/c1-23(2)37(48)42(20-32(44)35(46)36(47)33(45)21-43)16-6-5-7-24-17-31(40)25(18-30(24)39)22-49-38(13-14-38)29-19-41-15-12-27(29)28-8-3-4-9-34(28)50-26-10-11-26/h3-4,8-9,12,15,17-19,23,26,32-33,35-36,43-47H,5-7,10-11,13-14,16,20-22H2,1-2H3/t32-,33+,35+,36+/m0/s1. The van der Waals surface area contributed by atoms with E-state index >= 15 is 0 Å². The highest BCUT2D eigenvalue weighted by Crippen LogP contribution is 2.53. The second-order valence-corrected chi connectivity index (χ2v) is 14.6. The number of aliphatic hydroxyl groups excluding tert-OH is 5. The molecule has 2 aliphatic rings. The van der Waals surface area contributed by atoms with Crippen molar-refractivity contribution in [3.05, 3.63) is 81.6 Å². The number of rotatable bonds is 19. The van der Waals surface area contributed by atoms with E-state index in [2.05, 4.69) is 11.1 Å². The Morgan fingerprint density at radius 2 is 1.64 bits per heavy atom. The van der Waals surface area contributed by atoms with Crippen LogP contribution < -0.4 is 4.74 Å². The minimum Gasteiger partial charge on any atom is -0.490 e. The maximum atomic E-state index is 12.9. The molecule has 10 nitrogen and oxygen atoms in total. The molecule has 5 N–H and O–H groups in total. The van der Waals surface area contributed by atoms with E-state index < -0.39 is 36.6 Å². The Morgan fingerprint density at radius 3 is 2.32 bits per heavy atom. The van der Waals surface area contributed by atoms with Gasteiger partial charge in [-0.1, -0.05) is 55.2 Å². The van der Waals surface area contributed by atoms with Gasteiger partial charge in [0, 0.05) is 52.6 Å². The first kappa shape index (κ1) is 38.4. The number of aromatic nitrogens is 1. The van der Waals surface area contributed by atoms with Crippen LogP contribution in [0.4, 0.5) is 0 Å². The number of nitrogens with zero attached hydrogens (tertiary/aromatic N) is 2. The minimum absolute atomic E-state index is 0.221. The van der Waals surface area contributed by atoms with Crippen LogP contribution in [0.3, 0.4) is 0 Å². The predicted octanol–water partition coefficient (Wildman–Crippen LogP) is 5.05. The summed E-state index contributed by atoms with van der Waals surface area (Å²) in [5.41, 5.74) is 4.26. The summed E-state index contributed by atoms with van der Waals surface area (Å²) in [6.07, 6.45) is 3.03. The summed E-state index contributed by atoms with van der Waals surface area (Å²) in [4.78, 5) is 18.7. The van der Waals surface area contributed by atoms with Gasteiger partial charge in [-0.05, 0) is 85.9 Å². The number of amides is 1. The van der Waals surface area contributed by atoms with Crippen LogP contribution in [0.15, 0.2) is 54.9 Å². The number of hydrogen-bond acceptors (Lipinski definition) is 9. The fourth-order valence-electron chi connectivity index (χ4n) is 6.07. The van der Waals surface area contributed by atoms with E-state index in [0.29, 0.717) is 35.9 Å². The lowest BCUT2D eigenvalue weighted by Gasteiger charge is -2.31. The Bertz CT molecular complexity index is 1600. The number of aryl methyl sites for hydroxylation is 1. The van der Waals surface area contributed by atoms with Crippen LogP contribution in [0.1, 0.15) is 69.1 Å². The zero-order chi connectivity index (χ0) is 36.0. The van der Waals surface area contributed by atoms with Gasteiger partial charge < -0.3 is 39.9 Å². The normalized spacial score (nSPS) is 17.6. The van der Waals surface area contributed by atoms with E-state index in [9.17, 15) is 25.2 Å². The van der Waals surface area contributed by atoms with Gasteiger partial charge in [0.1, 0.15) is 30.2 Å². The third kappa shape index (κ3) is 9.54. The van der Waals surface area contributed by atoms with Crippen molar-refractivity contribution in [3.63, 3.8) is 0 Å². The molecule has 2 saturated carbocycles. The molecule has 2 fully saturated rings. The third-order valence-electron chi connectivity index (χ3n) is 9.39. The van der Waals surface area contributed by atoms with Gasteiger partial charge in [-0.3, -0.25) is 9.78 Å². The van der Waals surface area contributed by atoms with Crippen LogP contribution in [0.25, 0.3) is 11.1 Å². The number of carbonyl (C=O) groups is 1. The van der Waals surface area contributed by atoms with Crippen molar-refractivity contribution >= 4 is 29.1 Å². The van der Waals surface area contributed by atoms with Gasteiger partial charge >= 0.3 is 0 Å². The van der Waals surface area contributed by atoms with Gasteiger partial charge in [0.2, 0.25) is 5.91 Å². The summed E-state index contributed by atoms with van der Waals surface area (Å²) in [7, 11) is 0. The Balaban J connectivity index is 1.18. The summed E-state index contributed by atoms with van der Waals surface area (Å²) < 4.78 is 12.8. The average molecular weight is 732 g/mol. The highest BCUT2D eigenvalue weighted by molar-refractivity contribution is 6.34. The second-order valence-electron chi connectivity index (χ2n) is 13.7. The summed E-state index contributed by atoms with van der Waals surface area (Å²) in [5.74, 6) is 0.294. The van der Waals surface area contributed by atoms with Crippen LogP contribution in [-0.2, 0) is 28.2 Å². The molecule has 0 radical (unpaired) electrons. The lowest BCUT2D eigenvalue weighted by atomic mass is 9.96. The van der Waals surface area contributed by atoms with Crippen molar-refractivity contribution in [2.75, 3.05) is 19.7 Å². The molecule has 4 atom stereocenters. The maximum absolute atomic E-state index is 12.9. The van der Waals surface area contributed by atoms with Crippen LogP contribution in [0, 0.1) is 5.92 Å². The van der Waals surface area contributed by atoms with Gasteiger partial charge in [-0.2, -0.15) is 0 Å². The summed E-state index contributed by atoms with van der Waals surface area (Å²) >= 11 is 13.5. The molecule has 0 bridgehead atoms. The molecular formula is C38H48Cl2N2O8. The molecule has 50 heavy (non-hydrogen) atoms. The van der Waals surface area contributed by atoms with E-state index in [1.54, 1.807) is 20.0 Å². The predicted molar refractivity (Wildman–Crippen MR) is 191 cm³/mol. The highest BCUT2D eigenvalue weighted by Gasteiger charge is 2.48. The number of aliphatic hydroxyl groups is 5. The van der Waals surface area contributed by atoms with E-state index in [-0.39, 0.29) is 31.1 Å². The number of halogens is 2. The van der Waals surface area contributed by atoms with Crippen molar-refractivity contribution < 1.29 is 39.8 Å².